The van der Waals surface area contributed by atoms with Crippen LogP contribution in [0, 0.1) is 11.8 Å². The lowest BCUT2D eigenvalue weighted by Gasteiger charge is -2.30. The number of phenolic OH excluding ortho intramolecular Hbond substituents is 1. The van der Waals surface area contributed by atoms with Gasteiger partial charge in [0.2, 0.25) is 11.8 Å². The van der Waals surface area contributed by atoms with E-state index in [1.54, 1.807) is 12.1 Å². The number of hydrogen-bond acceptors (Lipinski definition) is 18. The number of amides is 4. The van der Waals surface area contributed by atoms with Crippen LogP contribution in [0.1, 0.15) is 117 Å². The van der Waals surface area contributed by atoms with Crippen LogP contribution in [0.15, 0.2) is 36.4 Å². The summed E-state index contributed by atoms with van der Waals surface area (Å²) in [5.41, 5.74) is 0.626. The van der Waals surface area contributed by atoms with Crippen molar-refractivity contribution >= 4 is 37.2 Å². The average Bonchev–Trinajstić information content (AvgIpc) is 3.80. The van der Waals surface area contributed by atoms with Gasteiger partial charge >= 0.3 is 0 Å². The Morgan fingerprint density at radius 2 is 1.01 bits per heavy atom. The van der Waals surface area contributed by atoms with Crippen molar-refractivity contribution in [1.82, 2.24) is 10.2 Å². The number of imide groups is 1. The Bertz CT molecular complexity index is 1760. The third-order valence-electron chi connectivity index (χ3n) is 11.8. The molecule has 4 rings (SSSR count). The Morgan fingerprint density at radius 3 is 1.44 bits per heavy atom. The SMILES string of the molecule is CC.CCCC1CC(O)C(O)CO1.O=C(CCCCCN1C(=O)C=CC1=O)NCCOCCOCCOCCCCCOCCCCCOCCOCCOCCOCCOCCOCCC(=O)Nc1ccc(O)cc1.[B]C1C#CC1. The van der Waals surface area contributed by atoms with Crippen molar-refractivity contribution < 1.29 is 86.6 Å². The van der Waals surface area contributed by atoms with Crippen molar-refractivity contribution in [2.24, 2.45) is 0 Å². The number of aromatic hydroxyl groups is 1. The van der Waals surface area contributed by atoms with Crippen LogP contribution in [0.3, 0.4) is 0 Å². The van der Waals surface area contributed by atoms with Gasteiger partial charge in [-0.2, -0.15) is 0 Å². The number of rotatable bonds is 48. The Labute approximate surface area is 484 Å². The number of ether oxygens (including phenoxy) is 11. The number of aliphatic hydroxyl groups is 2. The Balaban J connectivity index is 0.00000154. The van der Waals surface area contributed by atoms with Crippen LogP contribution in [0.5, 0.6) is 5.75 Å². The highest BCUT2D eigenvalue weighted by molar-refractivity contribution is 6.14. The van der Waals surface area contributed by atoms with Crippen molar-refractivity contribution in [1.29, 1.82) is 0 Å². The summed E-state index contributed by atoms with van der Waals surface area (Å²) in [7, 11) is 5.20. The monoisotopic (exact) mass is 1150 g/mol. The lowest BCUT2D eigenvalue weighted by Crippen LogP contribution is -2.41. The first-order valence-electron chi connectivity index (χ1n) is 29.5. The molecule has 22 heteroatoms. The van der Waals surface area contributed by atoms with E-state index in [-0.39, 0.29) is 54.3 Å². The molecule has 3 aliphatic rings. The van der Waals surface area contributed by atoms with Gasteiger partial charge in [0.25, 0.3) is 11.8 Å². The second-order valence-corrected chi connectivity index (χ2v) is 18.7. The minimum atomic E-state index is -0.678. The predicted molar refractivity (Wildman–Crippen MR) is 309 cm³/mol. The molecule has 4 unspecified atom stereocenters. The summed E-state index contributed by atoms with van der Waals surface area (Å²) in [4.78, 5) is 48.0. The molecule has 0 saturated carbocycles. The zero-order chi connectivity index (χ0) is 59.1. The number of benzene rings is 1. The number of carbonyl (C=O) groups excluding carboxylic acids is 4. The second kappa shape index (κ2) is 55.2. The first kappa shape index (κ1) is 75.0. The quantitative estimate of drug-likeness (QED) is 0.0177. The van der Waals surface area contributed by atoms with Crippen molar-refractivity contribution in [3.05, 3.63) is 36.4 Å². The fraction of sp³-hybridized carbons (Fsp3) is 0.763. The number of unbranched alkanes of at least 4 members (excludes halogenated alkanes) is 6. The maximum atomic E-state index is 11.9. The van der Waals surface area contributed by atoms with E-state index in [1.165, 1.54) is 29.2 Å². The third-order valence-corrected chi connectivity index (χ3v) is 11.8. The van der Waals surface area contributed by atoms with Crippen LogP contribution < -0.4 is 10.6 Å². The second-order valence-electron chi connectivity index (χ2n) is 18.7. The first-order valence-corrected chi connectivity index (χ1v) is 29.5. The topological polar surface area (TPSA) is 258 Å². The van der Waals surface area contributed by atoms with Gasteiger partial charge in [-0.1, -0.05) is 33.6 Å². The molecule has 0 aromatic heterocycles. The molecule has 1 saturated heterocycles. The van der Waals surface area contributed by atoms with Gasteiger partial charge in [0.15, 0.2) is 0 Å². The van der Waals surface area contributed by atoms with E-state index in [2.05, 4.69) is 29.4 Å². The average molecular weight is 1150 g/mol. The van der Waals surface area contributed by atoms with Crippen LogP contribution in [0.4, 0.5) is 5.69 Å². The normalized spacial score (nSPS) is 16.9. The van der Waals surface area contributed by atoms with Gasteiger partial charge in [-0.25, -0.2) is 0 Å². The number of nitrogens with one attached hydrogen (secondary N) is 2. The number of carbonyl (C=O) groups is 4. The molecule has 0 spiro atoms. The van der Waals surface area contributed by atoms with Crippen LogP contribution in [-0.4, -0.2) is 222 Å². The molecule has 462 valence electrons. The Kier molecular flexibility index (Phi) is 51.0. The van der Waals surface area contributed by atoms with Crippen LogP contribution in [-0.2, 0) is 71.3 Å². The Hall–Kier alpha value is -4.06. The smallest absolute Gasteiger partial charge is 0.253 e. The van der Waals surface area contributed by atoms with Crippen LogP contribution >= 0.6 is 0 Å². The van der Waals surface area contributed by atoms with Gasteiger partial charge in [-0.15, -0.1) is 11.8 Å². The van der Waals surface area contributed by atoms with E-state index < -0.39 is 12.2 Å². The molecule has 1 aromatic carbocycles. The number of anilines is 1. The number of phenols is 1. The summed E-state index contributed by atoms with van der Waals surface area (Å²) in [6.07, 6.45) is 14.0. The van der Waals surface area contributed by atoms with Gasteiger partial charge in [0.1, 0.15) is 11.9 Å². The molecule has 5 N–H and O–H groups in total. The molecule has 4 amide bonds. The molecule has 2 aliphatic heterocycles. The number of aliphatic hydroxyl groups excluding tert-OH is 2. The first-order chi connectivity index (χ1) is 39.6. The third kappa shape index (κ3) is 46.1. The van der Waals surface area contributed by atoms with Gasteiger partial charge in [-0.05, 0) is 87.9 Å². The molecule has 1 aliphatic carbocycles. The van der Waals surface area contributed by atoms with Crippen molar-refractivity contribution in [3.8, 4) is 17.6 Å². The minimum absolute atomic E-state index is 0.0330. The lowest BCUT2D eigenvalue weighted by atomic mass is 9.80. The largest absolute Gasteiger partial charge is 0.508 e. The maximum absolute atomic E-state index is 11.9. The van der Waals surface area contributed by atoms with E-state index >= 15 is 0 Å². The van der Waals surface area contributed by atoms with Crippen molar-refractivity contribution in [2.75, 3.05) is 157 Å². The number of hydrogen-bond donors (Lipinski definition) is 5. The van der Waals surface area contributed by atoms with Crippen molar-refractivity contribution in [2.45, 2.75) is 141 Å². The number of nitrogens with zero attached hydrogens (tertiary/aromatic N) is 1. The summed E-state index contributed by atoms with van der Waals surface area (Å²) < 4.78 is 60.7. The van der Waals surface area contributed by atoms with E-state index in [9.17, 15) is 29.4 Å². The zero-order valence-electron chi connectivity index (χ0n) is 49.1. The van der Waals surface area contributed by atoms with Crippen LogP contribution in [0.25, 0.3) is 0 Å². The molecule has 4 atom stereocenters. The fourth-order valence-electron chi connectivity index (χ4n) is 7.27. The molecule has 81 heavy (non-hydrogen) atoms. The predicted octanol–water partition coefficient (Wildman–Crippen LogP) is 5.50. The van der Waals surface area contributed by atoms with Gasteiger partial charge < -0.3 is 78.1 Å². The summed E-state index contributed by atoms with van der Waals surface area (Å²) in [6, 6.07) is 6.29. The van der Waals surface area contributed by atoms with Gasteiger partial charge in [0.05, 0.1) is 139 Å². The van der Waals surface area contributed by atoms with Gasteiger partial charge in [0, 0.05) is 76.6 Å². The fourth-order valence-corrected chi connectivity index (χ4v) is 7.27. The molecule has 2 heterocycles. The molecule has 1 fully saturated rings. The maximum Gasteiger partial charge on any atom is 0.253 e. The zero-order valence-corrected chi connectivity index (χ0v) is 49.1. The summed E-state index contributed by atoms with van der Waals surface area (Å²) in [5.74, 6) is 5.15. The highest BCUT2D eigenvalue weighted by Crippen LogP contribution is 2.18. The summed E-state index contributed by atoms with van der Waals surface area (Å²) >= 11 is 0. The minimum Gasteiger partial charge on any atom is -0.508 e. The Morgan fingerprint density at radius 1 is 0.593 bits per heavy atom. The molecule has 2 radical (unpaired) electrons. The van der Waals surface area contributed by atoms with E-state index in [4.69, 9.17) is 65.1 Å². The van der Waals surface area contributed by atoms with E-state index in [0.29, 0.717) is 157 Å². The van der Waals surface area contributed by atoms with Gasteiger partial charge in [-0.3, -0.25) is 24.1 Å². The summed E-state index contributed by atoms with van der Waals surface area (Å²) in [6.45, 7) is 17.7. The molecular formula is C59H100BN3O18. The summed E-state index contributed by atoms with van der Waals surface area (Å²) in [5, 5.41) is 33.2. The highest BCUT2D eigenvalue weighted by atomic mass is 16.6. The highest BCUT2D eigenvalue weighted by Gasteiger charge is 2.27. The van der Waals surface area contributed by atoms with Crippen LogP contribution in [0.2, 0.25) is 5.82 Å². The molecule has 1 aromatic rings. The molecular weight excluding hydrogens is 1050 g/mol. The standard InChI is InChI=1S/C45H75N3O15.C8H16O3.C4H3B.C2H6/c49-41-13-11-40(12-14-41)47-43(51)17-24-57-28-32-61-35-37-63-39-38-62-36-34-60-31-27-56-23-9-3-7-21-54-20-6-2-8-22-55-26-30-59-33-29-58-25-18-46-42(50)10-4-1-5-19-48-44(52)15-16-45(48)53;1-2-3-6-4-7(9)8(10)5-11-6;5-4-2-1-3-4;1-2/h11-16,49H,1-10,17-39H2,(H,46,50)(H,47,51);6-10H,2-5H2,1H3;4H,2H2;1-2H3. The van der Waals surface area contributed by atoms with Crippen molar-refractivity contribution in [3.63, 3.8) is 0 Å². The van der Waals surface area contributed by atoms with E-state index in [0.717, 1.165) is 84.0 Å². The van der Waals surface area contributed by atoms with E-state index in [1.807, 2.05) is 13.8 Å². The lowest BCUT2D eigenvalue weighted by molar-refractivity contribution is -0.137. The molecule has 0 bridgehead atoms. The molecule has 21 nitrogen and oxygen atoms in total.